The average Bonchev–Trinajstić information content (AvgIpc) is 3.21. The van der Waals surface area contributed by atoms with Crippen molar-refractivity contribution in [2.75, 3.05) is 33.8 Å². The molecule has 3 atom stereocenters. The van der Waals surface area contributed by atoms with E-state index in [0.29, 0.717) is 24.8 Å². The summed E-state index contributed by atoms with van der Waals surface area (Å²) in [5.41, 5.74) is 0.773. The summed E-state index contributed by atoms with van der Waals surface area (Å²) >= 11 is 0. The van der Waals surface area contributed by atoms with Crippen molar-refractivity contribution in [2.45, 2.75) is 56.6 Å². The lowest BCUT2D eigenvalue weighted by Crippen LogP contribution is -2.49. The summed E-state index contributed by atoms with van der Waals surface area (Å²) in [6, 6.07) is 4.61. The summed E-state index contributed by atoms with van der Waals surface area (Å²) in [6.07, 6.45) is 4.56. The van der Waals surface area contributed by atoms with Crippen LogP contribution < -0.4 is 4.74 Å². The molecular weight excluding hydrogens is 400 g/mol. The van der Waals surface area contributed by atoms with E-state index in [0.717, 1.165) is 18.4 Å². The molecule has 1 aromatic carbocycles. The summed E-state index contributed by atoms with van der Waals surface area (Å²) in [6.45, 7) is 4.46. The minimum Gasteiger partial charge on any atom is -0.487 e. The Morgan fingerprint density at radius 1 is 1.30 bits per heavy atom. The smallest absolute Gasteiger partial charge is 0.247 e. The van der Waals surface area contributed by atoms with Gasteiger partial charge in [-0.05, 0) is 52.1 Å². The van der Waals surface area contributed by atoms with Crippen LogP contribution in [0.1, 0.15) is 45.1 Å². The van der Waals surface area contributed by atoms with Crippen LogP contribution in [0.3, 0.4) is 0 Å². The molecule has 1 aliphatic carbocycles. The van der Waals surface area contributed by atoms with E-state index in [1.165, 1.54) is 17.1 Å². The Bertz CT molecular complexity index is 898. The highest BCUT2D eigenvalue weighted by molar-refractivity contribution is 7.89. The fourth-order valence-corrected chi connectivity index (χ4v) is 5.96. The molecule has 0 saturated heterocycles. The Morgan fingerprint density at radius 3 is 2.63 bits per heavy atom. The van der Waals surface area contributed by atoms with Gasteiger partial charge >= 0.3 is 0 Å². The van der Waals surface area contributed by atoms with Crippen molar-refractivity contribution in [1.82, 2.24) is 9.21 Å². The lowest BCUT2D eigenvalue weighted by atomic mass is 10.0. The van der Waals surface area contributed by atoms with Crippen LogP contribution in [0.2, 0.25) is 0 Å². The molecule has 0 spiro atoms. The summed E-state index contributed by atoms with van der Waals surface area (Å²) < 4.78 is 34.5. The van der Waals surface area contributed by atoms with Gasteiger partial charge in [-0.2, -0.15) is 4.31 Å². The Kier molecular flexibility index (Phi) is 7.46. The summed E-state index contributed by atoms with van der Waals surface area (Å²) in [4.78, 5) is 2.19. The number of aliphatic hydroxyl groups excluding tert-OH is 1. The largest absolute Gasteiger partial charge is 0.487 e. The van der Waals surface area contributed by atoms with Crippen LogP contribution in [0.15, 0.2) is 23.1 Å². The number of sulfonamides is 1. The molecule has 1 aromatic rings. The highest BCUT2D eigenvalue weighted by Crippen LogP contribution is 2.34. The second-order valence-electron chi connectivity index (χ2n) is 8.91. The van der Waals surface area contributed by atoms with Crippen molar-refractivity contribution in [3.8, 4) is 17.6 Å². The Morgan fingerprint density at radius 2 is 2.00 bits per heavy atom. The fraction of sp³-hybridized carbons (Fsp3) is 0.652. The van der Waals surface area contributed by atoms with Crippen LogP contribution in [-0.2, 0) is 10.0 Å². The maximum absolute atomic E-state index is 13.4. The Balaban J connectivity index is 2.04. The van der Waals surface area contributed by atoms with E-state index >= 15 is 0 Å². The van der Waals surface area contributed by atoms with Crippen LogP contribution in [0.5, 0.6) is 5.75 Å². The molecule has 1 aliphatic heterocycles. The summed E-state index contributed by atoms with van der Waals surface area (Å²) in [5, 5.41) is 9.68. The predicted octanol–water partition coefficient (Wildman–Crippen LogP) is 2.56. The maximum Gasteiger partial charge on any atom is 0.247 e. The van der Waals surface area contributed by atoms with E-state index in [-0.39, 0.29) is 23.5 Å². The van der Waals surface area contributed by atoms with E-state index in [1.54, 1.807) is 25.1 Å². The number of benzene rings is 1. The molecule has 1 heterocycles. The molecule has 3 rings (SSSR count). The molecule has 0 aromatic heterocycles. The summed E-state index contributed by atoms with van der Waals surface area (Å²) in [5.74, 6) is 7.29. The number of ether oxygens (including phenoxy) is 1. The zero-order chi connectivity index (χ0) is 21.9. The van der Waals surface area contributed by atoms with Gasteiger partial charge in [0.15, 0.2) is 0 Å². The first kappa shape index (κ1) is 23.1. The molecule has 6 nitrogen and oxygen atoms in total. The standard InChI is InChI=1S/C23H34N2O4S/c1-17-14-25(18(2)16-26)30(27,28)23-12-11-20(10-9-19-7-5-6-8-19)13-21(23)29-22(17)15-24(3)4/h11-13,17-19,22,26H,5-8,14-16H2,1-4H3/t17-,18+,22+/m0/s1. The minimum atomic E-state index is -3.80. The first-order valence-corrected chi connectivity index (χ1v) is 12.3. The minimum absolute atomic E-state index is 0.0439. The first-order chi connectivity index (χ1) is 14.2. The number of hydrogen-bond acceptors (Lipinski definition) is 5. The SMILES string of the molecule is C[C@H](CO)N1C[C@H](C)[C@@H](CN(C)C)Oc2cc(C#CC3CCCC3)ccc2S1(=O)=O. The van der Waals surface area contributed by atoms with Gasteiger partial charge < -0.3 is 14.7 Å². The Labute approximate surface area is 181 Å². The maximum atomic E-state index is 13.4. The third-order valence-electron chi connectivity index (χ3n) is 5.99. The monoisotopic (exact) mass is 434 g/mol. The third-order valence-corrected chi connectivity index (χ3v) is 8.01. The van der Waals surface area contributed by atoms with Crippen molar-refractivity contribution >= 4 is 10.0 Å². The van der Waals surface area contributed by atoms with Crippen LogP contribution in [0.4, 0.5) is 0 Å². The third kappa shape index (κ3) is 5.17. The van der Waals surface area contributed by atoms with E-state index < -0.39 is 16.1 Å². The average molecular weight is 435 g/mol. The Hall–Kier alpha value is -1.59. The second kappa shape index (κ2) is 9.69. The number of nitrogens with zero attached hydrogens (tertiary/aromatic N) is 2. The molecule has 1 fully saturated rings. The normalized spacial score (nSPS) is 25.5. The molecule has 166 valence electrons. The van der Waals surface area contributed by atoms with E-state index in [4.69, 9.17) is 4.74 Å². The van der Waals surface area contributed by atoms with Crippen molar-refractivity contribution in [3.63, 3.8) is 0 Å². The zero-order valence-corrected chi connectivity index (χ0v) is 19.3. The van der Waals surface area contributed by atoms with E-state index in [1.807, 2.05) is 25.9 Å². The van der Waals surface area contributed by atoms with Crippen LogP contribution in [0.25, 0.3) is 0 Å². The second-order valence-corrected chi connectivity index (χ2v) is 10.8. The van der Waals surface area contributed by atoms with Gasteiger partial charge in [-0.25, -0.2) is 8.42 Å². The molecule has 0 amide bonds. The quantitative estimate of drug-likeness (QED) is 0.738. The molecule has 0 bridgehead atoms. The predicted molar refractivity (Wildman–Crippen MR) is 118 cm³/mol. The number of aliphatic hydroxyl groups is 1. The van der Waals surface area contributed by atoms with Crippen LogP contribution in [-0.4, -0.2) is 68.7 Å². The van der Waals surface area contributed by atoms with Gasteiger partial charge in [-0.1, -0.05) is 31.6 Å². The van der Waals surface area contributed by atoms with E-state index in [2.05, 4.69) is 11.8 Å². The van der Waals surface area contributed by atoms with Gasteiger partial charge in [0, 0.05) is 36.5 Å². The first-order valence-electron chi connectivity index (χ1n) is 10.8. The van der Waals surface area contributed by atoms with Gasteiger partial charge in [0.05, 0.1) is 6.61 Å². The number of rotatable bonds is 4. The highest BCUT2D eigenvalue weighted by atomic mass is 32.2. The molecule has 0 radical (unpaired) electrons. The molecule has 7 heteroatoms. The molecular formula is C23H34N2O4S. The lowest BCUT2D eigenvalue weighted by molar-refractivity contribution is 0.0812. The van der Waals surface area contributed by atoms with Gasteiger partial charge in [-0.3, -0.25) is 0 Å². The van der Waals surface area contributed by atoms with Gasteiger partial charge in [0.25, 0.3) is 0 Å². The number of likely N-dealkylation sites (N-methyl/N-ethyl adjacent to an activating group) is 1. The summed E-state index contributed by atoms with van der Waals surface area (Å²) in [7, 11) is 0.153. The molecule has 0 unspecified atom stereocenters. The van der Waals surface area contributed by atoms with Crippen LogP contribution >= 0.6 is 0 Å². The fourth-order valence-electron chi connectivity index (χ4n) is 4.14. The van der Waals surface area contributed by atoms with Crippen molar-refractivity contribution in [2.24, 2.45) is 11.8 Å². The van der Waals surface area contributed by atoms with Gasteiger partial charge in [0.2, 0.25) is 10.0 Å². The van der Waals surface area contributed by atoms with Crippen molar-refractivity contribution in [1.29, 1.82) is 0 Å². The van der Waals surface area contributed by atoms with Gasteiger partial charge in [-0.15, -0.1) is 0 Å². The van der Waals surface area contributed by atoms with Crippen molar-refractivity contribution in [3.05, 3.63) is 23.8 Å². The molecule has 1 saturated carbocycles. The zero-order valence-electron chi connectivity index (χ0n) is 18.5. The number of hydrogen-bond donors (Lipinski definition) is 1. The molecule has 30 heavy (non-hydrogen) atoms. The molecule has 1 N–H and O–H groups in total. The molecule has 2 aliphatic rings. The van der Waals surface area contributed by atoms with E-state index in [9.17, 15) is 13.5 Å². The topological polar surface area (TPSA) is 70.1 Å². The van der Waals surface area contributed by atoms with Crippen LogP contribution in [0, 0.1) is 23.7 Å². The lowest BCUT2D eigenvalue weighted by Gasteiger charge is -2.37. The number of fused-ring (bicyclic) bond motifs is 1. The highest BCUT2D eigenvalue weighted by Gasteiger charge is 2.37. The van der Waals surface area contributed by atoms with Crippen molar-refractivity contribution < 1.29 is 18.3 Å². The van der Waals surface area contributed by atoms with Gasteiger partial charge in [0.1, 0.15) is 16.7 Å².